The number of hydrogen-bond donors (Lipinski definition) is 3. The zero-order valence-electron chi connectivity index (χ0n) is 20.9. The average molecular weight is 512 g/mol. The summed E-state index contributed by atoms with van der Waals surface area (Å²) in [6.45, 7) is 7.93. The molecular weight excluding hydrogens is 483 g/mol. The Hall–Kier alpha value is -3.92. The Balaban J connectivity index is 1.52. The van der Waals surface area contributed by atoms with Crippen LogP contribution in [0.2, 0.25) is 0 Å². The molecule has 0 radical (unpaired) electrons. The monoisotopic (exact) mass is 511 g/mol. The van der Waals surface area contributed by atoms with Gasteiger partial charge in [-0.2, -0.15) is 18.6 Å². The van der Waals surface area contributed by atoms with E-state index < -0.39 is 18.0 Å². The zero-order chi connectivity index (χ0) is 26.7. The summed E-state index contributed by atoms with van der Waals surface area (Å²) in [5.74, 6) is 0.499. The summed E-state index contributed by atoms with van der Waals surface area (Å²) in [5.41, 5.74) is 9.24. The van der Waals surface area contributed by atoms with Gasteiger partial charge in [-0.1, -0.05) is 43.3 Å². The summed E-state index contributed by atoms with van der Waals surface area (Å²) in [7, 11) is 0. The number of halogens is 3. The highest BCUT2D eigenvalue weighted by Gasteiger charge is 2.30. The van der Waals surface area contributed by atoms with Crippen LogP contribution < -0.4 is 21.0 Å². The highest BCUT2D eigenvalue weighted by Crippen LogP contribution is 2.36. The molecule has 0 fully saturated rings. The number of carbonyl (C=O) groups is 1. The smallest absolute Gasteiger partial charge is 0.416 e. The van der Waals surface area contributed by atoms with Crippen LogP contribution in [0.25, 0.3) is 11.1 Å². The van der Waals surface area contributed by atoms with Crippen LogP contribution in [0.15, 0.2) is 71.0 Å². The van der Waals surface area contributed by atoms with Gasteiger partial charge in [0.15, 0.2) is 0 Å². The van der Waals surface area contributed by atoms with Crippen LogP contribution in [0.5, 0.6) is 5.75 Å². The molecule has 1 amide bonds. The van der Waals surface area contributed by atoms with E-state index in [9.17, 15) is 18.0 Å². The summed E-state index contributed by atoms with van der Waals surface area (Å²) in [6, 6.07) is 16.2. The van der Waals surface area contributed by atoms with Gasteiger partial charge in [-0.25, -0.2) is 5.53 Å². The van der Waals surface area contributed by atoms with Crippen molar-refractivity contribution in [2.75, 3.05) is 0 Å². The molecular formula is C27H28F3N5O2. The fraction of sp³-hybridized carbons (Fsp3) is 0.296. The first-order chi connectivity index (χ1) is 17.5. The zero-order valence-corrected chi connectivity index (χ0v) is 20.9. The number of hydrazine groups is 1. The summed E-state index contributed by atoms with van der Waals surface area (Å²) >= 11 is 0. The van der Waals surface area contributed by atoms with Crippen molar-refractivity contribution in [1.82, 2.24) is 16.3 Å². The van der Waals surface area contributed by atoms with Gasteiger partial charge in [0, 0.05) is 5.56 Å². The topological polar surface area (TPSA) is 87.1 Å². The third-order valence-corrected chi connectivity index (χ3v) is 6.07. The highest BCUT2D eigenvalue weighted by molar-refractivity contribution is 5.94. The van der Waals surface area contributed by atoms with E-state index in [4.69, 9.17) is 4.74 Å². The normalized spacial score (nSPS) is 15.9. The second-order valence-corrected chi connectivity index (χ2v) is 9.26. The Morgan fingerprint density at radius 1 is 1.00 bits per heavy atom. The van der Waals surface area contributed by atoms with Crippen molar-refractivity contribution in [2.45, 2.75) is 46.3 Å². The van der Waals surface area contributed by atoms with Crippen LogP contribution in [0, 0.1) is 19.8 Å². The molecule has 194 valence electrons. The van der Waals surface area contributed by atoms with Gasteiger partial charge in [0.2, 0.25) is 6.29 Å². The van der Waals surface area contributed by atoms with E-state index in [0.29, 0.717) is 16.9 Å². The molecule has 0 aromatic heterocycles. The number of rotatable bonds is 7. The van der Waals surface area contributed by atoms with Gasteiger partial charge in [-0.05, 0) is 84.0 Å². The van der Waals surface area contributed by atoms with Gasteiger partial charge in [-0.3, -0.25) is 4.79 Å². The van der Waals surface area contributed by atoms with Crippen molar-refractivity contribution in [1.29, 1.82) is 0 Å². The van der Waals surface area contributed by atoms with Gasteiger partial charge >= 0.3 is 6.18 Å². The van der Waals surface area contributed by atoms with E-state index in [1.807, 2.05) is 52.0 Å². The Morgan fingerprint density at radius 3 is 2.14 bits per heavy atom. The van der Waals surface area contributed by atoms with Crippen molar-refractivity contribution in [2.24, 2.45) is 16.3 Å². The first-order valence-electron chi connectivity index (χ1n) is 11.8. The summed E-state index contributed by atoms with van der Waals surface area (Å²) in [5, 5.41) is 10.0. The number of hydrogen-bond acceptors (Lipinski definition) is 6. The number of benzene rings is 3. The molecule has 0 aliphatic carbocycles. The summed E-state index contributed by atoms with van der Waals surface area (Å²) in [4.78, 5) is 12.4. The lowest BCUT2D eigenvalue weighted by Crippen LogP contribution is -2.44. The summed E-state index contributed by atoms with van der Waals surface area (Å²) < 4.78 is 45.3. The van der Waals surface area contributed by atoms with Gasteiger partial charge in [0.1, 0.15) is 11.9 Å². The number of aryl methyl sites for hydroxylation is 2. The van der Waals surface area contributed by atoms with Crippen LogP contribution in [0.1, 0.15) is 52.6 Å². The quantitative estimate of drug-likeness (QED) is 0.350. The van der Waals surface area contributed by atoms with Gasteiger partial charge in [-0.15, -0.1) is 5.11 Å². The Morgan fingerprint density at radius 2 is 1.62 bits per heavy atom. The standard InChI is InChI=1S/C27H28F3N5O2/c1-15(2)24(19-5-7-20(8-6-19)25(36)31-26-32-34-35-33-26)37-22-13-16(3)23(17(4)14-22)18-9-11-21(12-10-18)27(28,29)30/h5-15,24,26H,1-4H3,(H,31,36)(H,32,35)(H,33,34). The van der Waals surface area contributed by atoms with Crippen LogP contribution in [0.4, 0.5) is 13.2 Å². The first kappa shape index (κ1) is 26.2. The molecule has 1 heterocycles. The Bertz CT molecular complexity index is 1270. The minimum absolute atomic E-state index is 0.129. The van der Waals surface area contributed by atoms with E-state index in [-0.39, 0.29) is 17.9 Å². The Labute approximate surface area is 213 Å². The molecule has 0 spiro atoms. The van der Waals surface area contributed by atoms with Gasteiger partial charge in [0.05, 0.1) is 5.56 Å². The third-order valence-electron chi connectivity index (χ3n) is 6.07. The van der Waals surface area contributed by atoms with E-state index in [2.05, 4.69) is 26.6 Å². The molecule has 3 aromatic rings. The Kier molecular flexibility index (Phi) is 7.49. The fourth-order valence-electron chi connectivity index (χ4n) is 4.31. The number of carbonyl (C=O) groups excluding carboxylic acids is 1. The fourth-order valence-corrected chi connectivity index (χ4v) is 4.31. The second-order valence-electron chi connectivity index (χ2n) is 9.26. The lowest BCUT2D eigenvalue weighted by Gasteiger charge is -2.24. The maximum atomic E-state index is 13.0. The molecule has 3 N–H and O–H groups in total. The van der Waals surface area contributed by atoms with Crippen molar-refractivity contribution in [3.05, 3.63) is 88.5 Å². The van der Waals surface area contributed by atoms with E-state index in [1.165, 1.54) is 12.1 Å². The van der Waals surface area contributed by atoms with E-state index in [0.717, 1.165) is 34.4 Å². The largest absolute Gasteiger partial charge is 0.485 e. The predicted octanol–water partition coefficient (Wildman–Crippen LogP) is 6.25. The molecule has 0 bridgehead atoms. The van der Waals surface area contributed by atoms with Crippen LogP contribution in [-0.2, 0) is 6.18 Å². The molecule has 0 saturated carbocycles. The van der Waals surface area contributed by atoms with Gasteiger partial charge in [0.25, 0.3) is 5.91 Å². The third kappa shape index (κ3) is 6.08. The van der Waals surface area contributed by atoms with Gasteiger partial charge < -0.3 is 10.1 Å². The van der Waals surface area contributed by atoms with Crippen LogP contribution >= 0.6 is 0 Å². The molecule has 0 saturated heterocycles. The lowest BCUT2D eigenvalue weighted by molar-refractivity contribution is -0.137. The maximum absolute atomic E-state index is 13.0. The number of amides is 1. The maximum Gasteiger partial charge on any atom is 0.416 e. The van der Waals surface area contributed by atoms with Crippen molar-refractivity contribution in [3.8, 4) is 16.9 Å². The second kappa shape index (κ2) is 10.6. The van der Waals surface area contributed by atoms with Crippen molar-refractivity contribution in [3.63, 3.8) is 0 Å². The molecule has 7 nitrogen and oxygen atoms in total. The number of nitrogens with zero attached hydrogens (tertiary/aromatic N) is 2. The molecule has 2 atom stereocenters. The molecule has 1 aliphatic rings. The van der Waals surface area contributed by atoms with Crippen molar-refractivity contribution < 1.29 is 22.7 Å². The summed E-state index contributed by atoms with van der Waals surface area (Å²) in [6.07, 6.45) is -5.27. The van der Waals surface area contributed by atoms with Crippen LogP contribution in [0.3, 0.4) is 0 Å². The molecule has 37 heavy (non-hydrogen) atoms. The number of alkyl halides is 3. The molecule has 1 aliphatic heterocycles. The minimum Gasteiger partial charge on any atom is -0.485 e. The van der Waals surface area contributed by atoms with E-state index in [1.54, 1.807) is 12.1 Å². The predicted molar refractivity (Wildman–Crippen MR) is 133 cm³/mol. The molecule has 10 heteroatoms. The average Bonchev–Trinajstić information content (AvgIpc) is 3.35. The highest BCUT2D eigenvalue weighted by atomic mass is 19.4. The van der Waals surface area contributed by atoms with E-state index >= 15 is 0 Å². The number of nitrogens with one attached hydrogen (secondary N) is 3. The SMILES string of the molecule is Cc1cc(OC(c2ccc(C(=O)NC3N=NNN3)cc2)C(C)C)cc(C)c1-c1ccc(C(F)(F)F)cc1. The molecule has 4 rings (SSSR count). The first-order valence-corrected chi connectivity index (χ1v) is 11.8. The van der Waals surface area contributed by atoms with Crippen LogP contribution in [-0.4, -0.2) is 12.2 Å². The molecule has 2 unspecified atom stereocenters. The molecule has 3 aromatic carbocycles. The van der Waals surface area contributed by atoms with Crippen molar-refractivity contribution >= 4 is 5.91 Å². The minimum atomic E-state index is -4.37. The lowest BCUT2D eigenvalue weighted by atomic mass is 9.94. The number of ether oxygens (including phenoxy) is 1.